The topological polar surface area (TPSA) is 74.6 Å². The minimum absolute atomic E-state index is 0.0187. The maximum atomic E-state index is 12.2. The van der Waals surface area contributed by atoms with Crippen molar-refractivity contribution in [3.8, 4) is 0 Å². The largest absolute Gasteiger partial charge is 0.354 e. The molecule has 134 valence electrons. The Morgan fingerprint density at radius 2 is 2.32 bits per heavy atom. The Balaban J connectivity index is 1.29. The maximum absolute atomic E-state index is 12.2. The number of imidazole rings is 1. The number of carbonyl (C=O) groups is 1. The lowest BCUT2D eigenvalue weighted by Crippen LogP contribution is -2.45. The molecule has 2 aliphatic heterocycles. The monoisotopic (exact) mass is 342 g/mol. The van der Waals surface area contributed by atoms with Gasteiger partial charge in [-0.15, -0.1) is 0 Å². The lowest BCUT2D eigenvalue weighted by atomic mass is 9.97. The zero-order chi connectivity index (χ0) is 17.1. The minimum Gasteiger partial charge on any atom is -0.354 e. The van der Waals surface area contributed by atoms with E-state index in [4.69, 9.17) is 0 Å². The molecular formula is C18H26N6O. The molecule has 2 atom stereocenters. The number of hydrogen-bond acceptors (Lipinski definition) is 5. The zero-order valence-electron chi connectivity index (χ0n) is 14.5. The van der Waals surface area contributed by atoms with Crippen molar-refractivity contribution in [2.75, 3.05) is 26.2 Å². The first-order valence-electron chi connectivity index (χ1n) is 9.30. The van der Waals surface area contributed by atoms with E-state index in [-0.39, 0.29) is 11.9 Å². The number of rotatable bonds is 5. The van der Waals surface area contributed by atoms with Gasteiger partial charge in [-0.05, 0) is 50.8 Å². The van der Waals surface area contributed by atoms with Gasteiger partial charge in [0.15, 0.2) is 0 Å². The van der Waals surface area contributed by atoms with Crippen molar-refractivity contribution in [1.29, 1.82) is 0 Å². The van der Waals surface area contributed by atoms with Crippen LogP contribution in [-0.2, 0) is 11.3 Å². The predicted molar refractivity (Wildman–Crippen MR) is 95.0 cm³/mol. The molecule has 7 heteroatoms. The average molecular weight is 342 g/mol. The van der Waals surface area contributed by atoms with E-state index in [9.17, 15) is 4.79 Å². The normalized spacial score (nSPS) is 24.6. The van der Waals surface area contributed by atoms with E-state index in [1.165, 1.54) is 12.8 Å². The fourth-order valence-corrected chi connectivity index (χ4v) is 3.92. The van der Waals surface area contributed by atoms with Gasteiger partial charge in [0.05, 0.1) is 11.7 Å². The number of likely N-dealkylation sites (tertiary alicyclic amines) is 1. The Morgan fingerprint density at radius 3 is 3.16 bits per heavy atom. The molecule has 2 unspecified atom stereocenters. The Morgan fingerprint density at radius 1 is 1.36 bits per heavy atom. The highest BCUT2D eigenvalue weighted by molar-refractivity contribution is 5.81. The Bertz CT molecular complexity index is 690. The third kappa shape index (κ3) is 3.99. The van der Waals surface area contributed by atoms with Gasteiger partial charge in [0.2, 0.25) is 11.7 Å². The molecule has 4 rings (SSSR count). The highest BCUT2D eigenvalue weighted by atomic mass is 16.2. The molecule has 0 aromatic carbocycles. The second kappa shape index (κ2) is 7.49. The molecule has 0 aliphatic carbocycles. The molecule has 0 saturated carbocycles. The van der Waals surface area contributed by atoms with Gasteiger partial charge in [0.25, 0.3) is 0 Å². The number of carbonyl (C=O) groups excluding carboxylic acids is 1. The molecule has 4 heterocycles. The molecule has 25 heavy (non-hydrogen) atoms. The lowest BCUT2D eigenvalue weighted by Gasteiger charge is -2.32. The lowest BCUT2D eigenvalue weighted by molar-refractivity contribution is -0.123. The van der Waals surface area contributed by atoms with Crippen LogP contribution in [0, 0.1) is 5.92 Å². The van der Waals surface area contributed by atoms with Gasteiger partial charge in [-0.25, -0.2) is 9.97 Å². The first-order chi connectivity index (χ1) is 12.3. The number of hydrogen-bond donors (Lipinski definition) is 2. The summed E-state index contributed by atoms with van der Waals surface area (Å²) in [5.41, 5.74) is 1.05. The number of piperidine rings is 1. The van der Waals surface area contributed by atoms with Crippen LogP contribution in [-0.4, -0.2) is 57.4 Å². The van der Waals surface area contributed by atoms with Gasteiger partial charge >= 0.3 is 0 Å². The second-order valence-corrected chi connectivity index (χ2v) is 7.20. The van der Waals surface area contributed by atoms with E-state index >= 15 is 0 Å². The smallest absolute Gasteiger partial charge is 0.237 e. The molecule has 2 aromatic rings. The van der Waals surface area contributed by atoms with E-state index in [0.29, 0.717) is 5.92 Å². The molecule has 2 saturated heterocycles. The number of amides is 1. The SMILES string of the molecule is O=C(NCC1CCCN(Cc2cn3cccnc3n2)C1)C1CCCN1. The number of nitrogens with one attached hydrogen (secondary N) is 2. The van der Waals surface area contributed by atoms with E-state index < -0.39 is 0 Å². The number of fused-ring (bicyclic) bond motifs is 1. The van der Waals surface area contributed by atoms with Crippen molar-refractivity contribution in [2.24, 2.45) is 5.92 Å². The van der Waals surface area contributed by atoms with Gasteiger partial charge in [-0.3, -0.25) is 14.1 Å². The van der Waals surface area contributed by atoms with E-state index in [1.807, 2.05) is 16.7 Å². The van der Waals surface area contributed by atoms with Gasteiger partial charge in [-0.1, -0.05) is 0 Å². The summed E-state index contributed by atoms with van der Waals surface area (Å²) < 4.78 is 1.96. The van der Waals surface area contributed by atoms with Crippen LogP contribution in [0.4, 0.5) is 0 Å². The van der Waals surface area contributed by atoms with Crippen molar-refractivity contribution in [3.05, 3.63) is 30.4 Å². The van der Waals surface area contributed by atoms with Gasteiger partial charge in [0, 0.05) is 38.2 Å². The summed E-state index contributed by atoms with van der Waals surface area (Å²) in [6.07, 6.45) is 10.2. The summed E-state index contributed by atoms with van der Waals surface area (Å²) in [6, 6.07) is 1.93. The summed E-state index contributed by atoms with van der Waals surface area (Å²) >= 11 is 0. The first-order valence-corrected chi connectivity index (χ1v) is 9.30. The molecule has 0 bridgehead atoms. The van der Waals surface area contributed by atoms with Gasteiger partial charge < -0.3 is 10.6 Å². The van der Waals surface area contributed by atoms with Crippen LogP contribution in [0.1, 0.15) is 31.4 Å². The Kier molecular flexibility index (Phi) is 4.94. The molecule has 0 radical (unpaired) electrons. The average Bonchev–Trinajstić information content (AvgIpc) is 3.29. The van der Waals surface area contributed by atoms with E-state index in [0.717, 1.165) is 57.0 Å². The molecule has 2 N–H and O–H groups in total. The van der Waals surface area contributed by atoms with Gasteiger partial charge in [0.1, 0.15) is 0 Å². The highest BCUT2D eigenvalue weighted by Gasteiger charge is 2.25. The van der Waals surface area contributed by atoms with Crippen LogP contribution >= 0.6 is 0 Å². The van der Waals surface area contributed by atoms with Gasteiger partial charge in [-0.2, -0.15) is 0 Å². The summed E-state index contributed by atoms with van der Waals surface area (Å²) in [5, 5.41) is 6.40. The van der Waals surface area contributed by atoms with Crippen LogP contribution in [0.3, 0.4) is 0 Å². The summed E-state index contributed by atoms with van der Waals surface area (Å²) in [6.45, 7) is 4.69. The van der Waals surface area contributed by atoms with Crippen molar-refractivity contribution < 1.29 is 4.79 Å². The minimum atomic E-state index is 0.0187. The first kappa shape index (κ1) is 16.5. The van der Waals surface area contributed by atoms with Crippen molar-refractivity contribution >= 4 is 11.7 Å². The standard InChI is InChI=1S/C18H26N6O/c25-17(16-5-1-6-19-16)21-10-14-4-2-8-23(11-14)12-15-13-24-9-3-7-20-18(24)22-15/h3,7,9,13-14,16,19H,1-2,4-6,8,10-12H2,(H,21,25). The fraction of sp³-hybridized carbons (Fsp3) is 0.611. The zero-order valence-corrected chi connectivity index (χ0v) is 14.5. The molecule has 2 aliphatic rings. The molecule has 7 nitrogen and oxygen atoms in total. The third-order valence-corrected chi connectivity index (χ3v) is 5.22. The number of nitrogens with zero attached hydrogens (tertiary/aromatic N) is 4. The summed E-state index contributed by atoms with van der Waals surface area (Å²) in [4.78, 5) is 23.5. The molecule has 1 amide bonds. The summed E-state index contributed by atoms with van der Waals surface area (Å²) in [7, 11) is 0. The van der Waals surface area contributed by atoms with Crippen LogP contribution in [0.5, 0.6) is 0 Å². The van der Waals surface area contributed by atoms with Crippen molar-refractivity contribution in [2.45, 2.75) is 38.3 Å². The van der Waals surface area contributed by atoms with Crippen LogP contribution in [0.25, 0.3) is 5.78 Å². The van der Waals surface area contributed by atoms with E-state index in [1.54, 1.807) is 6.20 Å². The highest BCUT2D eigenvalue weighted by Crippen LogP contribution is 2.18. The Hall–Kier alpha value is -1.99. The number of aromatic nitrogens is 3. The third-order valence-electron chi connectivity index (χ3n) is 5.22. The van der Waals surface area contributed by atoms with Crippen LogP contribution in [0.2, 0.25) is 0 Å². The molecule has 0 spiro atoms. The van der Waals surface area contributed by atoms with Crippen molar-refractivity contribution in [1.82, 2.24) is 29.9 Å². The molecule has 2 fully saturated rings. The van der Waals surface area contributed by atoms with E-state index in [2.05, 4.69) is 31.7 Å². The molecule has 2 aromatic heterocycles. The van der Waals surface area contributed by atoms with Crippen LogP contribution < -0.4 is 10.6 Å². The second-order valence-electron chi connectivity index (χ2n) is 7.20. The fourth-order valence-electron chi connectivity index (χ4n) is 3.92. The quantitative estimate of drug-likeness (QED) is 0.841. The van der Waals surface area contributed by atoms with Crippen molar-refractivity contribution in [3.63, 3.8) is 0 Å². The molecular weight excluding hydrogens is 316 g/mol. The Labute approximate surface area is 147 Å². The predicted octanol–water partition coefficient (Wildman–Crippen LogP) is 0.809. The van der Waals surface area contributed by atoms with Crippen LogP contribution in [0.15, 0.2) is 24.7 Å². The maximum Gasteiger partial charge on any atom is 0.237 e. The summed E-state index contributed by atoms with van der Waals surface area (Å²) in [5.74, 6) is 1.44.